The molecule has 1 saturated heterocycles. The summed E-state index contributed by atoms with van der Waals surface area (Å²) in [5, 5.41) is 2.82. The second kappa shape index (κ2) is 8.37. The molecular weight excluding hydrogens is 338 g/mol. The lowest BCUT2D eigenvalue weighted by molar-refractivity contribution is -0.125. The third-order valence-electron chi connectivity index (χ3n) is 4.26. The SMILES string of the molecule is CN(C)c1ccc(C#CCNC(=O)C2CCN(S(C)(=O)=O)CC2)cc1. The van der Waals surface area contributed by atoms with Gasteiger partial charge >= 0.3 is 0 Å². The largest absolute Gasteiger partial charge is 0.378 e. The number of piperidine rings is 1. The van der Waals surface area contributed by atoms with Gasteiger partial charge in [-0.15, -0.1) is 0 Å². The molecule has 1 aliphatic rings. The Morgan fingerprint density at radius 1 is 1.24 bits per heavy atom. The fraction of sp³-hybridized carbons (Fsp3) is 0.500. The minimum absolute atomic E-state index is 0.0505. The Balaban J connectivity index is 1.78. The summed E-state index contributed by atoms with van der Waals surface area (Å²) in [6, 6.07) is 7.90. The second-order valence-corrected chi connectivity index (χ2v) is 8.38. The predicted octanol–water partition coefficient (Wildman–Crippen LogP) is 0.892. The van der Waals surface area contributed by atoms with Crippen molar-refractivity contribution in [2.24, 2.45) is 5.92 Å². The Hall–Kier alpha value is -2.04. The van der Waals surface area contributed by atoms with Crippen LogP contribution in [0.1, 0.15) is 18.4 Å². The maximum atomic E-state index is 12.1. The first kappa shape index (κ1) is 19.3. The number of nitrogens with zero attached hydrogens (tertiary/aromatic N) is 2. The van der Waals surface area contributed by atoms with Crippen LogP contribution in [0.15, 0.2) is 24.3 Å². The van der Waals surface area contributed by atoms with Crippen molar-refractivity contribution in [3.63, 3.8) is 0 Å². The van der Waals surface area contributed by atoms with E-state index in [2.05, 4.69) is 17.2 Å². The number of hydrogen-bond donors (Lipinski definition) is 1. The van der Waals surface area contributed by atoms with Crippen LogP contribution in [-0.4, -0.2) is 58.6 Å². The number of sulfonamides is 1. The van der Waals surface area contributed by atoms with Gasteiger partial charge in [-0.05, 0) is 37.1 Å². The summed E-state index contributed by atoms with van der Waals surface area (Å²) in [6.07, 6.45) is 2.31. The minimum atomic E-state index is -3.16. The summed E-state index contributed by atoms with van der Waals surface area (Å²) in [7, 11) is 0.807. The van der Waals surface area contributed by atoms with E-state index in [-0.39, 0.29) is 11.8 Å². The molecule has 1 aromatic carbocycles. The first-order chi connectivity index (χ1) is 11.8. The Labute approximate surface area is 150 Å². The highest BCUT2D eigenvalue weighted by Gasteiger charge is 2.28. The van der Waals surface area contributed by atoms with Crippen molar-refractivity contribution >= 4 is 21.6 Å². The summed E-state index contributed by atoms with van der Waals surface area (Å²) in [4.78, 5) is 14.2. The van der Waals surface area contributed by atoms with E-state index in [4.69, 9.17) is 0 Å². The van der Waals surface area contributed by atoms with E-state index in [0.29, 0.717) is 32.5 Å². The van der Waals surface area contributed by atoms with E-state index in [1.165, 1.54) is 10.6 Å². The molecule has 0 aromatic heterocycles. The van der Waals surface area contributed by atoms with Crippen LogP contribution in [0, 0.1) is 17.8 Å². The molecular formula is C18H25N3O3S. The molecule has 1 aliphatic heterocycles. The van der Waals surface area contributed by atoms with Crippen LogP contribution in [0.2, 0.25) is 0 Å². The highest BCUT2D eigenvalue weighted by molar-refractivity contribution is 7.88. The van der Waals surface area contributed by atoms with Gasteiger partial charge in [-0.2, -0.15) is 0 Å². The van der Waals surface area contributed by atoms with Gasteiger partial charge in [0, 0.05) is 44.4 Å². The minimum Gasteiger partial charge on any atom is -0.378 e. The molecule has 1 aromatic rings. The van der Waals surface area contributed by atoms with E-state index < -0.39 is 10.0 Å². The van der Waals surface area contributed by atoms with Crippen molar-refractivity contribution in [1.29, 1.82) is 0 Å². The molecule has 25 heavy (non-hydrogen) atoms. The fourth-order valence-electron chi connectivity index (χ4n) is 2.71. The van der Waals surface area contributed by atoms with Crippen LogP contribution in [0.25, 0.3) is 0 Å². The van der Waals surface area contributed by atoms with Gasteiger partial charge in [0.2, 0.25) is 15.9 Å². The normalized spacial score (nSPS) is 16.0. The molecule has 0 radical (unpaired) electrons. The molecule has 0 saturated carbocycles. The maximum Gasteiger partial charge on any atom is 0.223 e. The van der Waals surface area contributed by atoms with Gasteiger partial charge in [0.1, 0.15) is 0 Å². The highest BCUT2D eigenvalue weighted by Crippen LogP contribution is 2.19. The Morgan fingerprint density at radius 3 is 2.36 bits per heavy atom. The second-order valence-electron chi connectivity index (χ2n) is 6.40. The van der Waals surface area contributed by atoms with Crippen molar-refractivity contribution in [3.8, 4) is 11.8 Å². The van der Waals surface area contributed by atoms with Gasteiger partial charge in [-0.3, -0.25) is 4.79 Å². The molecule has 7 heteroatoms. The summed E-state index contributed by atoms with van der Waals surface area (Å²) in [6.45, 7) is 1.10. The number of rotatable bonds is 4. The molecule has 2 rings (SSSR count). The van der Waals surface area contributed by atoms with Gasteiger partial charge in [0.05, 0.1) is 12.8 Å². The maximum absolute atomic E-state index is 12.1. The lowest BCUT2D eigenvalue weighted by Crippen LogP contribution is -2.42. The van der Waals surface area contributed by atoms with Crippen molar-refractivity contribution in [2.45, 2.75) is 12.8 Å². The van der Waals surface area contributed by atoms with Gasteiger partial charge in [-0.25, -0.2) is 12.7 Å². The molecule has 6 nitrogen and oxygen atoms in total. The van der Waals surface area contributed by atoms with Gasteiger partial charge in [-0.1, -0.05) is 11.8 Å². The van der Waals surface area contributed by atoms with Gasteiger partial charge in [0.15, 0.2) is 0 Å². The van der Waals surface area contributed by atoms with Crippen LogP contribution in [-0.2, 0) is 14.8 Å². The smallest absolute Gasteiger partial charge is 0.223 e. The van der Waals surface area contributed by atoms with E-state index in [1.54, 1.807) is 0 Å². The lowest BCUT2D eigenvalue weighted by Gasteiger charge is -2.29. The third-order valence-corrected chi connectivity index (χ3v) is 5.56. The van der Waals surface area contributed by atoms with Crippen molar-refractivity contribution in [1.82, 2.24) is 9.62 Å². The zero-order chi connectivity index (χ0) is 18.4. The van der Waals surface area contributed by atoms with Crippen LogP contribution in [0.4, 0.5) is 5.69 Å². The molecule has 1 fully saturated rings. The Kier molecular flexibility index (Phi) is 6.45. The lowest BCUT2D eigenvalue weighted by atomic mass is 9.97. The molecule has 136 valence electrons. The molecule has 1 heterocycles. The number of carbonyl (C=O) groups is 1. The molecule has 0 bridgehead atoms. The van der Waals surface area contributed by atoms with E-state index in [0.717, 1.165) is 11.3 Å². The van der Waals surface area contributed by atoms with E-state index in [9.17, 15) is 13.2 Å². The Morgan fingerprint density at radius 2 is 1.84 bits per heavy atom. The topological polar surface area (TPSA) is 69.7 Å². The number of nitrogens with one attached hydrogen (secondary N) is 1. The van der Waals surface area contributed by atoms with Crippen LogP contribution < -0.4 is 10.2 Å². The zero-order valence-corrected chi connectivity index (χ0v) is 15.8. The van der Waals surface area contributed by atoms with E-state index in [1.807, 2.05) is 43.3 Å². The number of benzene rings is 1. The van der Waals surface area contributed by atoms with Gasteiger partial charge in [0.25, 0.3) is 0 Å². The average Bonchev–Trinajstić information content (AvgIpc) is 2.58. The first-order valence-corrected chi connectivity index (χ1v) is 10.1. The number of carbonyl (C=O) groups excluding carboxylic acids is 1. The number of anilines is 1. The summed E-state index contributed by atoms with van der Waals surface area (Å²) in [5.74, 6) is 5.79. The standard InChI is InChI=1S/C18H25N3O3S/c1-20(2)17-8-6-15(7-9-17)5-4-12-19-18(22)16-10-13-21(14-11-16)25(3,23)24/h6-9,16H,10-14H2,1-3H3,(H,19,22). The van der Waals surface area contributed by atoms with Crippen molar-refractivity contribution < 1.29 is 13.2 Å². The molecule has 0 atom stereocenters. The van der Waals surface area contributed by atoms with Crippen LogP contribution in [0.5, 0.6) is 0 Å². The summed E-state index contributed by atoms with van der Waals surface area (Å²) < 4.78 is 24.4. The molecule has 0 aliphatic carbocycles. The fourth-order valence-corrected chi connectivity index (χ4v) is 3.59. The molecule has 1 N–H and O–H groups in total. The monoisotopic (exact) mass is 363 g/mol. The number of hydrogen-bond acceptors (Lipinski definition) is 4. The zero-order valence-electron chi connectivity index (χ0n) is 14.9. The number of amides is 1. The van der Waals surface area contributed by atoms with Gasteiger partial charge < -0.3 is 10.2 Å². The first-order valence-electron chi connectivity index (χ1n) is 8.26. The summed E-state index contributed by atoms with van der Waals surface area (Å²) >= 11 is 0. The highest BCUT2D eigenvalue weighted by atomic mass is 32.2. The van der Waals surface area contributed by atoms with Crippen LogP contribution in [0.3, 0.4) is 0 Å². The molecule has 0 unspecified atom stereocenters. The van der Waals surface area contributed by atoms with Crippen molar-refractivity contribution in [2.75, 3.05) is 44.9 Å². The predicted molar refractivity (Wildman–Crippen MR) is 99.8 cm³/mol. The third kappa shape index (κ3) is 5.76. The Bertz CT molecular complexity index is 753. The van der Waals surface area contributed by atoms with Crippen LogP contribution >= 0.6 is 0 Å². The molecule has 0 spiro atoms. The van der Waals surface area contributed by atoms with E-state index >= 15 is 0 Å². The summed E-state index contributed by atoms with van der Waals surface area (Å²) in [5.41, 5.74) is 2.01. The van der Waals surface area contributed by atoms with Crippen molar-refractivity contribution in [3.05, 3.63) is 29.8 Å². The molecule has 1 amide bonds. The average molecular weight is 363 g/mol. The quantitative estimate of drug-likeness (QED) is 0.807.